The van der Waals surface area contributed by atoms with Gasteiger partial charge in [0.25, 0.3) is 0 Å². The molecule has 0 spiro atoms. The zero-order valence-electron chi connectivity index (χ0n) is 11.7. The van der Waals surface area contributed by atoms with Crippen LogP contribution in [-0.2, 0) is 0 Å². The first kappa shape index (κ1) is 13.7. The summed E-state index contributed by atoms with van der Waals surface area (Å²) in [7, 11) is 0. The number of hydrogen-bond donors (Lipinski definition) is 2. The Bertz CT molecular complexity index is 266. The molecule has 0 bridgehead atoms. The lowest BCUT2D eigenvalue weighted by atomic mass is 9.96. The molecule has 2 fully saturated rings. The highest BCUT2D eigenvalue weighted by atomic mass is 16.2. The number of nitrogens with one attached hydrogen (secondary N) is 2. The van der Waals surface area contributed by atoms with Crippen molar-refractivity contribution in [2.45, 2.75) is 83.3 Å². The van der Waals surface area contributed by atoms with Crippen LogP contribution in [0.25, 0.3) is 0 Å². The molecule has 2 rings (SSSR count). The number of carbonyl (C=O) groups is 1. The van der Waals surface area contributed by atoms with Gasteiger partial charge in [-0.15, -0.1) is 0 Å². The number of nitrogens with zero attached hydrogens (tertiary/aromatic N) is 1. The zero-order valence-corrected chi connectivity index (χ0v) is 11.7. The summed E-state index contributed by atoms with van der Waals surface area (Å²) >= 11 is 0. The Labute approximate surface area is 110 Å². The van der Waals surface area contributed by atoms with E-state index in [1.165, 1.54) is 38.5 Å². The maximum absolute atomic E-state index is 12.0. The minimum atomic E-state index is -0.0116. The number of piperidine rings is 1. The number of urea groups is 1. The number of hydrogen-bond acceptors (Lipinski definition) is 2. The van der Waals surface area contributed by atoms with E-state index in [1.54, 1.807) is 0 Å². The summed E-state index contributed by atoms with van der Waals surface area (Å²) in [6, 6.07) is 1.27. The van der Waals surface area contributed by atoms with Crippen molar-refractivity contribution in [1.29, 1.82) is 0 Å². The van der Waals surface area contributed by atoms with Crippen LogP contribution in [0.1, 0.15) is 65.2 Å². The van der Waals surface area contributed by atoms with Crippen LogP contribution in [0, 0.1) is 0 Å². The average molecular weight is 253 g/mol. The molecule has 2 atom stereocenters. The molecule has 0 aromatic carbocycles. The maximum atomic E-state index is 12.0. The summed E-state index contributed by atoms with van der Waals surface area (Å²) < 4.78 is 0. The van der Waals surface area contributed by atoms with Gasteiger partial charge < -0.3 is 5.32 Å². The number of carbonyl (C=O) groups excluding carboxylic acids is 1. The molecule has 4 heteroatoms. The van der Waals surface area contributed by atoms with Gasteiger partial charge in [0.2, 0.25) is 0 Å². The molecule has 2 amide bonds. The third kappa shape index (κ3) is 3.61. The summed E-state index contributed by atoms with van der Waals surface area (Å²) in [5.74, 6) is 0. The van der Waals surface area contributed by atoms with Gasteiger partial charge in [-0.3, -0.25) is 5.43 Å². The van der Waals surface area contributed by atoms with E-state index in [-0.39, 0.29) is 6.03 Å². The van der Waals surface area contributed by atoms with Crippen molar-refractivity contribution in [1.82, 2.24) is 15.8 Å². The molecule has 2 aliphatic rings. The van der Waals surface area contributed by atoms with Crippen LogP contribution < -0.4 is 10.7 Å². The first-order chi connectivity index (χ1) is 8.66. The van der Waals surface area contributed by atoms with Crippen LogP contribution >= 0.6 is 0 Å². The molecular formula is C14H27N3O. The molecule has 2 N–H and O–H groups in total. The fourth-order valence-electron chi connectivity index (χ4n) is 3.22. The SMILES string of the molecule is C[C@@H]1CCC[C@@H](C)N1NC(=O)NC1CCCCC1. The first-order valence-corrected chi connectivity index (χ1v) is 7.52. The van der Waals surface area contributed by atoms with Crippen molar-refractivity contribution in [3.05, 3.63) is 0 Å². The van der Waals surface area contributed by atoms with E-state index < -0.39 is 0 Å². The maximum Gasteiger partial charge on any atom is 0.329 e. The molecule has 1 saturated heterocycles. The monoisotopic (exact) mass is 253 g/mol. The summed E-state index contributed by atoms with van der Waals surface area (Å²) in [5.41, 5.74) is 3.05. The van der Waals surface area contributed by atoms with Crippen molar-refractivity contribution < 1.29 is 4.79 Å². The second kappa shape index (κ2) is 6.41. The quantitative estimate of drug-likeness (QED) is 0.795. The average Bonchev–Trinajstić information content (AvgIpc) is 2.35. The van der Waals surface area contributed by atoms with E-state index >= 15 is 0 Å². The molecule has 4 nitrogen and oxygen atoms in total. The van der Waals surface area contributed by atoms with E-state index in [1.807, 2.05) is 0 Å². The fraction of sp³-hybridized carbons (Fsp3) is 0.929. The van der Waals surface area contributed by atoms with Gasteiger partial charge in [0.05, 0.1) is 0 Å². The Kier molecular flexibility index (Phi) is 4.87. The predicted octanol–water partition coefficient (Wildman–Crippen LogP) is 2.80. The molecular weight excluding hydrogens is 226 g/mol. The van der Waals surface area contributed by atoms with Crippen molar-refractivity contribution >= 4 is 6.03 Å². The van der Waals surface area contributed by atoms with Gasteiger partial charge in [0.1, 0.15) is 0 Å². The summed E-state index contributed by atoms with van der Waals surface area (Å²) in [6.45, 7) is 4.38. The van der Waals surface area contributed by atoms with Crippen LogP contribution in [0.3, 0.4) is 0 Å². The van der Waals surface area contributed by atoms with Crippen LogP contribution in [0.2, 0.25) is 0 Å². The molecule has 0 unspecified atom stereocenters. The molecule has 1 heterocycles. The molecule has 104 valence electrons. The summed E-state index contributed by atoms with van der Waals surface area (Å²) in [5, 5.41) is 5.24. The Morgan fingerprint density at radius 3 is 2.17 bits per heavy atom. The van der Waals surface area contributed by atoms with Gasteiger partial charge in [-0.05, 0) is 39.5 Å². The van der Waals surface area contributed by atoms with Crippen LogP contribution in [-0.4, -0.2) is 29.2 Å². The molecule has 0 aromatic rings. The summed E-state index contributed by atoms with van der Waals surface area (Å²) in [4.78, 5) is 12.0. The van der Waals surface area contributed by atoms with E-state index in [2.05, 4.69) is 29.6 Å². The van der Waals surface area contributed by atoms with Gasteiger partial charge in [0, 0.05) is 18.1 Å². The van der Waals surface area contributed by atoms with Gasteiger partial charge in [0.15, 0.2) is 0 Å². The molecule has 1 aliphatic carbocycles. The lowest BCUT2D eigenvalue weighted by molar-refractivity contribution is 0.0585. The van der Waals surface area contributed by atoms with Crippen LogP contribution in [0.15, 0.2) is 0 Å². The van der Waals surface area contributed by atoms with Crippen LogP contribution in [0.5, 0.6) is 0 Å². The molecule has 18 heavy (non-hydrogen) atoms. The molecule has 0 aromatic heterocycles. The third-order valence-electron chi connectivity index (χ3n) is 4.36. The Morgan fingerprint density at radius 2 is 1.56 bits per heavy atom. The molecule has 1 saturated carbocycles. The highest BCUT2D eigenvalue weighted by molar-refractivity contribution is 5.73. The second-order valence-electron chi connectivity index (χ2n) is 5.96. The normalized spacial score (nSPS) is 31.0. The van der Waals surface area contributed by atoms with Gasteiger partial charge >= 0.3 is 6.03 Å². The first-order valence-electron chi connectivity index (χ1n) is 7.52. The Hall–Kier alpha value is -0.770. The standard InChI is InChI=1S/C14H27N3O/c1-11-7-6-8-12(2)17(11)16-14(18)15-13-9-4-3-5-10-13/h11-13H,3-10H2,1-2H3,(H2,15,16,18)/t11-,12-/m1/s1. The predicted molar refractivity (Wildman–Crippen MR) is 73.2 cm³/mol. The lowest BCUT2D eigenvalue weighted by Crippen LogP contribution is -2.57. The Balaban J connectivity index is 1.78. The number of amides is 2. The topological polar surface area (TPSA) is 44.4 Å². The van der Waals surface area contributed by atoms with E-state index in [9.17, 15) is 4.79 Å². The van der Waals surface area contributed by atoms with Gasteiger partial charge in [-0.2, -0.15) is 0 Å². The van der Waals surface area contributed by atoms with Gasteiger partial charge in [-0.25, -0.2) is 9.80 Å². The minimum absolute atomic E-state index is 0.0116. The highest BCUT2D eigenvalue weighted by Gasteiger charge is 2.26. The molecule has 1 aliphatic heterocycles. The van der Waals surface area contributed by atoms with Crippen LogP contribution in [0.4, 0.5) is 4.79 Å². The molecule has 0 radical (unpaired) electrons. The third-order valence-corrected chi connectivity index (χ3v) is 4.36. The minimum Gasteiger partial charge on any atom is -0.334 e. The van der Waals surface area contributed by atoms with Crippen molar-refractivity contribution in [2.75, 3.05) is 0 Å². The Morgan fingerprint density at radius 1 is 0.944 bits per heavy atom. The fourth-order valence-corrected chi connectivity index (χ4v) is 3.22. The highest BCUT2D eigenvalue weighted by Crippen LogP contribution is 2.20. The lowest BCUT2D eigenvalue weighted by Gasteiger charge is -2.39. The van der Waals surface area contributed by atoms with Gasteiger partial charge in [-0.1, -0.05) is 25.7 Å². The smallest absolute Gasteiger partial charge is 0.329 e. The van der Waals surface area contributed by atoms with E-state index in [0.717, 1.165) is 12.8 Å². The van der Waals surface area contributed by atoms with Crippen molar-refractivity contribution in [3.63, 3.8) is 0 Å². The summed E-state index contributed by atoms with van der Waals surface area (Å²) in [6.07, 6.45) is 9.72. The largest absolute Gasteiger partial charge is 0.334 e. The van der Waals surface area contributed by atoms with E-state index in [4.69, 9.17) is 0 Å². The zero-order chi connectivity index (χ0) is 13.0. The number of hydrazine groups is 1. The van der Waals surface area contributed by atoms with E-state index in [0.29, 0.717) is 18.1 Å². The van der Waals surface area contributed by atoms with Crippen molar-refractivity contribution in [3.8, 4) is 0 Å². The van der Waals surface area contributed by atoms with Crippen molar-refractivity contribution in [2.24, 2.45) is 0 Å². The number of rotatable bonds is 2. The second-order valence-corrected chi connectivity index (χ2v) is 5.96.